The van der Waals surface area contributed by atoms with Crippen LogP contribution in [0.4, 0.5) is 0 Å². The van der Waals surface area contributed by atoms with Crippen molar-refractivity contribution in [1.82, 2.24) is 4.57 Å². The van der Waals surface area contributed by atoms with Gasteiger partial charge < -0.3 is 24.0 Å². The molecule has 0 saturated carbocycles. The molecule has 0 bridgehead atoms. The van der Waals surface area contributed by atoms with E-state index in [2.05, 4.69) is 54.4 Å². The highest BCUT2D eigenvalue weighted by Gasteiger charge is 2.11. The van der Waals surface area contributed by atoms with E-state index in [1.165, 1.54) is 16.9 Å². The number of imidazole rings is 1. The second-order valence-electron chi connectivity index (χ2n) is 3.25. The molecule has 2 aromatic heterocycles. The maximum absolute atomic E-state index is 2.20. The fraction of sp³-hybridized carbons (Fsp3) is 0.300. The van der Waals surface area contributed by atoms with Crippen LogP contribution in [-0.4, -0.2) is 4.57 Å². The Balaban J connectivity index is 0.000000845. The van der Waals surface area contributed by atoms with Crippen molar-refractivity contribution in [1.29, 1.82) is 0 Å². The minimum Gasteiger partial charge on any atom is -1.00 e. The monoisotopic (exact) mass is 288 g/mol. The normalized spacial score (nSPS) is 10.1. The molecule has 0 aliphatic rings. The van der Waals surface area contributed by atoms with Gasteiger partial charge in [-0.1, -0.05) is 0 Å². The van der Waals surface area contributed by atoms with Crippen LogP contribution < -0.4 is 28.4 Å². The summed E-state index contributed by atoms with van der Waals surface area (Å²) in [5.41, 5.74) is 3.87. The van der Waals surface area contributed by atoms with Gasteiger partial charge in [-0.15, -0.1) is 0 Å². The number of halogens is 1. The maximum Gasteiger partial charge on any atom is 0.289 e. The van der Waals surface area contributed by atoms with Crippen molar-refractivity contribution in [3.63, 3.8) is 0 Å². The molecular weight excluding hydrogens is 275 g/mol. The molecule has 0 amide bonds. The fourth-order valence-electron chi connectivity index (χ4n) is 1.63. The van der Waals surface area contributed by atoms with Crippen molar-refractivity contribution in [2.45, 2.75) is 13.8 Å². The first kappa shape index (κ1) is 10.5. The summed E-state index contributed by atoms with van der Waals surface area (Å²) in [5.74, 6) is 0. The largest absolute Gasteiger partial charge is 1.00 e. The van der Waals surface area contributed by atoms with E-state index >= 15 is 0 Å². The zero-order valence-corrected chi connectivity index (χ0v) is 10.2. The second-order valence-corrected chi connectivity index (χ2v) is 3.25. The van der Waals surface area contributed by atoms with Gasteiger partial charge in [0.1, 0.15) is 11.9 Å². The Morgan fingerprint density at radius 1 is 1.31 bits per heavy atom. The van der Waals surface area contributed by atoms with Crippen LogP contribution in [0.15, 0.2) is 24.5 Å². The minimum atomic E-state index is 0. The highest BCUT2D eigenvalue weighted by molar-refractivity contribution is 5.41. The van der Waals surface area contributed by atoms with Crippen LogP contribution in [-0.2, 0) is 7.05 Å². The second kappa shape index (κ2) is 3.65. The van der Waals surface area contributed by atoms with Crippen LogP contribution in [0.2, 0.25) is 0 Å². The van der Waals surface area contributed by atoms with Crippen molar-refractivity contribution < 1.29 is 28.4 Å². The molecule has 0 spiro atoms. The van der Waals surface area contributed by atoms with Gasteiger partial charge in [0, 0.05) is 12.5 Å². The van der Waals surface area contributed by atoms with Gasteiger partial charge in [-0.25, -0.2) is 8.97 Å². The van der Waals surface area contributed by atoms with E-state index in [1.54, 1.807) is 0 Å². The van der Waals surface area contributed by atoms with Gasteiger partial charge in [-0.3, -0.25) is 0 Å². The summed E-state index contributed by atoms with van der Waals surface area (Å²) in [6, 6.07) is 4.20. The quantitative estimate of drug-likeness (QED) is 0.407. The third-order valence-corrected chi connectivity index (χ3v) is 2.36. The first-order valence-electron chi connectivity index (χ1n) is 4.13. The first-order chi connectivity index (χ1) is 5.70. The van der Waals surface area contributed by atoms with Crippen molar-refractivity contribution in [2.24, 2.45) is 7.05 Å². The molecule has 13 heavy (non-hydrogen) atoms. The predicted molar refractivity (Wildman–Crippen MR) is 48.0 cm³/mol. The lowest BCUT2D eigenvalue weighted by atomic mass is 10.3. The van der Waals surface area contributed by atoms with Crippen molar-refractivity contribution in [3.8, 4) is 0 Å². The van der Waals surface area contributed by atoms with Crippen LogP contribution in [0.1, 0.15) is 11.3 Å². The van der Waals surface area contributed by atoms with E-state index < -0.39 is 0 Å². The van der Waals surface area contributed by atoms with Crippen LogP contribution >= 0.6 is 0 Å². The van der Waals surface area contributed by atoms with Crippen LogP contribution in [0.25, 0.3) is 5.65 Å². The molecule has 2 aromatic rings. The van der Waals surface area contributed by atoms with E-state index in [0.29, 0.717) is 0 Å². The summed E-state index contributed by atoms with van der Waals surface area (Å²) in [6.45, 7) is 4.25. The number of aryl methyl sites for hydroxylation is 3. The van der Waals surface area contributed by atoms with Crippen molar-refractivity contribution in [2.75, 3.05) is 0 Å². The molecule has 0 fully saturated rings. The summed E-state index contributed by atoms with van der Waals surface area (Å²) in [7, 11) is 2.09. The van der Waals surface area contributed by atoms with E-state index in [1.807, 2.05) is 0 Å². The molecule has 2 heterocycles. The Morgan fingerprint density at radius 3 is 2.62 bits per heavy atom. The molecule has 0 aliphatic carbocycles. The first-order valence-corrected chi connectivity index (χ1v) is 4.13. The van der Waals surface area contributed by atoms with Crippen molar-refractivity contribution in [3.05, 3.63) is 35.8 Å². The number of hydrogen-bond donors (Lipinski definition) is 0. The maximum atomic E-state index is 2.20. The Morgan fingerprint density at radius 2 is 2.00 bits per heavy atom. The smallest absolute Gasteiger partial charge is 0.289 e. The van der Waals surface area contributed by atoms with Crippen LogP contribution in [0.3, 0.4) is 0 Å². The van der Waals surface area contributed by atoms with E-state index in [0.717, 1.165) is 0 Å². The molecule has 3 heteroatoms. The number of pyridine rings is 1. The number of aromatic nitrogens is 2. The molecule has 0 N–H and O–H groups in total. The molecule has 0 aliphatic heterocycles. The molecule has 0 atom stereocenters. The lowest BCUT2D eigenvalue weighted by Crippen LogP contribution is -3.00. The SMILES string of the molecule is Cc1ccc[n+]2cc(C)n(C)c12.[I-]. The minimum absolute atomic E-state index is 0. The molecule has 2 rings (SSSR count). The summed E-state index contributed by atoms with van der Waals surface area (Å²) in [6.07, 6.45) is 4.22. The molecule has 0 radical (unpaired) electrons. The van der Waals surface area contributed by atoms with Crippen molar-refractivity contribution >= 4 is 5.65 Å². The van der Waals surface area contributed by atoms with Crippen LogP contribution in [0, 0.1) is 13.8 Å². The Kier molecular flexibility index (Phi) is 2.95. The zero-order valence-electron chi connectivity index (χ0n) is 8.08. The lowest BCUT2D eigenvalue weighted by molar-refractivity contribution is -0.511. The summed E-state index contributed by atoms with van der Waals surface area (Å²) >= 11 is 0. The average Bonchev–Trinajstić information content (AvgIpc) is 2.29. The summed E-state index contributed by atoms with van der Waals surface area (Å²) < 4.78 is 4.36. The third-order valence-electron chi connectivity index (χ3n) is 2.36. The number of rotatable bonds is 0. The number of nitrogens with zero attached hydrogens (tertiary/aromatic N) is 2. The molecule has 0 saturated heterocycles. The standard InChI is InChI=1S/C10H13N2.HI/c1-8-5-4-6-12-7-9(2)11(3)10(8)12;/h4-7H,1-3H3;1H/q+1;/p-1. The lowest BCUT2D eigenvalue weighted by Gasteiger charge is -1.92. The Hall–Kier alpha value is -0.580. The van der Waals surface area contributed by atoms with Gasteiger partial charge >= 0.3 is 0 Å². The highest BCUT2D eigenvalue weighted by Crippen LogP contribution is 2.06. The van der Waals surface area contributed by atoms with E-state index in [9.17, 15) is 0 Å². The Labute approximate surface area is 95.2 Å². The zero-order chi connectivity index (χ0) is 8.72. The van der Waals surface area contributed by atoms with Gasteiger partial charge in [0.25, 0.3) is 5.65 Å². The Bertz CT molecular complexity index is 432. The van der Waals surface area contributed by atoms with Gasteiger partial charge in [0.2, 0.25) is 0 Å². The van der Waals surface area contributed by atoms with Crippen LogP contribution in [0.5, 0.6) is 0 Å². The molecule has 0 aromatic carbocycles. The number of fused-ring (bicyclic) bond motifs is 1. The number of hydrogen-bond acceptors (Lipinski definition) is 0. The van der Waals surface area contributed by atoms with Gasteiger partial charge in [-0.2, -0.15) is 0 Å². The highest BCUT2D eigenvalue weighted by atomic mass is 127. The molecule has 2 nitrogen and oxygen atoms in total. The summed E-state index contributed by atoms with van der Waals surface area (Å²) in [5, 5.41) is 0. The fourth-order valence-corrected chi connectivity index (χ4v) is 1.63. The van der Waals surface area contributed by atoms with Gasteiger partial charge in [0.05, 0.1) is 13.2 Å². The third kappa shape index (κ3) is 1.57. The molecular formula is C10H13IN2. The van der Waals surface area contributed by atoms with Gasteiger partial charge in [0.15, 0.2) is 0 Å². The predicted octanol–water partition coefficient (Wildman–Crippen LogP) is -1.62. The molecule has 70 valence electrons. The average molecular weight is 288 g/mol. The van der Waals surface area contributed by atoms with E-state index in [4.69, 9.17) is 0 Å². The topological polar surface area (TPSA) is 9.03 Å². The van der Waals surface area contributed by atoms with E-state index in [-0.39, 0.29) is 24.0 Å². The summed E-state index contributed by atoms with van der Waals surface area (Å²) in [4.78, 5) is 0. The van der Waals surface area contributed by atoms with Gasteiger partial charge in [-0.05, 0) is 19.1 Å². The molecule has 0 unspecified atom stereocenters.